The van der Waals surface area contributed by atoms with E-state index in [0.717, 1.165) is 25.9 Å². The Morgan fingerprint density at radius 3 is 2.37 bits per heavy atom. The van der Waals surface area contributed by atoms with E-state index in [1.54, 1.807) is 24.0 Å². The van der Waals surface area contributed by atoms with E-state index in [9.17, 15) is 18.7 Å². The van der Waals surface area contributed by atoms with Gasteiger partial charge in [0.15, 0.2) is 0 Å². The van der Waals surface area contributed by atoms with Gasteiger partial charge >= 0.3 is 0 Å². The molecule has 0 atom stereocenters. The van der Waals surface area contributed by atoms with Crippen molar-refractivity contribution in [2.45, 2.75) is 51.4 Å². The van der Waals surface area contributed by atoms with Crippen LogP contribution in [0.3, 0.4) is 0 Å². The van der Waals surface area contributed by atoms with Crippen LogP contribution in [-0.2, 0) is 0 Å². The second-order valence-electron chi connectivity index (χ2n) is 10.5. The molecule has 1 aromatic heterocycles. The third-order valence-electron chi connectivity index (χ3n) is 7.72. The third kappa shape index (κ3) is 6.06. The summed E-state index contributed by atoms with van der Waals surface area (Å²) in [5, 5.41) is 22.6. The first-order valence-electron chi connectivity index (χ1n) is 13.1. The van der Waals surface area contributed by atoms with Crippen LogP contribution in [0.4, 0.5) is 31.9 Å². The molecule has 5 rings (SSSR count). The molecule has 3 fully saturated rings. The number of amides is 1. The number of aryl methyl sites for hydroxylation is 1. The number of piperidine rings is 2. The highest BCUT2D eigenvalue weighted by atomic mass is 32.2. The minimum atomic E-state index is -2.68. The number of anilines is 4. The molecule has 1 aliphatic carbocycles. The number of alkyl halides is 2. The number of carbonyl (C=O) groups excluding carboxylic acids is 1. The summed E-state index contributed by atoms with van der Waals surface area (Å²) in [6.45, 7) is 3.69. The van der Waals surface area contributed by atoms with Crippen LogP contribution < -0.4 is 19.8 Å². The fourth-order valence-electron chi connectivity index (χ4n) is 5.15. The van der Waals surface area contributed by atoms with Crippen molar-refractivity contribution in [1.82, 2.24) is 9.97 Å². The maximum atomic E-state index is 13.6. The number of aliphatic hydroxyl groups is 1. The van der Waals surface area contributed by atoms with Crippen molar-refractivity contribution in [2.24, 2.45) is 5.41 Å². The molecule has 1 amide bonds. The number of hydrogen-bond acceptors (Lipinski definition) is 9. The number of benzene rings is 1. The Morgan fingerprint density at radius 1 is 1.03 bits per heavy atom. The van der Waals surface area contributed by atoms with Gasteiger partial charge in [-0.25, -0.2) is 13.8 Å². The lowest BCUT2D eigenvalue weighted by molar-refractivity contribution is -0.0222. The van der Waals surface area contributed by atoms with Gasteiger partial charge in [-0.05, 0) is 50.2 Å². The van der Waals surface area contributed by atoms with Gasteiger partial charge in [-0.15, -0.1) is 0 Å². The molecular weight excluding hydrogens is 514 g/mol. The number of hydrogen-bond donors (Lipinski definition) is 4. The number of rotatable bonds is 8. The second kappa shape index (κ2) is 10.7. The van der Waals surface area contributed by atoms with Crippen LogP contribution in [0.2, 0.25) is 0 Å². The Morgan fingerprint density at radius 2 is 1.71 bits per heavy atom. The summed E-state index contributed by atoms with van der Waals surface area (Å²) in [5.74, 6) is -2.14. The molecule has 2 aliphatic heterocycles. The smallest absolute Gasteiger partial charge is 0.259 e. The molecule has 4 N–H and O–H groups in total. The first-order valence-corrected chi connectivity index (χ1v) is 14.1. The molecule has 0 unspecified atom stereocenters. The zero-order chi connectivity index (χ0) is 26.9. The Labute approximate surface area is 225 Å². The summed E-state index contributed by atoms with van der Waals surface area (Å²) in [6, 6.07) is 4.87. The number of phenolic OH excluding ortho intramolecular Hbond substituents is 1. The van der Waals surface area contributed by atoms with Crippen molar-refractivity contribution in [2.75, 3.05) is 58.4 Å². The van der Waals surface area contributed by atoms with Gasteiger partial charge in [0.1, 0.15) is 11.6 Å². The standard InChI is InChI=1S/C26H34F2N6O3S/c1-17-14-22(31-24(29-17)34-10-6-26(27,28)7-11-34)30-23(37)18-15-21(36)19(32-38-13-12-35)16-20(18)33-8-4-25(2-3-25)5-9-33/h14-16,32,35-36H,2-13H2,1H3,(H,29,30,31,37). The van der Waals surface area contributed by atoms with Crippen LogP contribution in [0.1, 0.15) is 54.6 Å². The van der Waals surface area contributed by atoms with E-state index in [0.29, 0.717) is 39.7 Å². The number of aromatic nitrogens is 2. The molecule has 206 valence electrons. The van der Waals surface area contributed by atoms with Crippen molar-refractivity contribution in [3.05, 3.63) is 29.5 Å². The predicted molar refractivity (Wildman–Crippen MR) is 146 cm³/mol. The summed E-state index contributed by atoms with van der Waals surface area (Å²) < 4.78 is 30.3. The van der Waals surface area contributed by atoms with Crippen molar-refractivity contribution >= 4 is 41.0 Å². The Kier molecular flexibility index (Phi) is 7.54. The number of aliphatic hydroxyl groups excluding tert-OH is 1. The van der Waals surface area contributed by atoms with Crippen LogP contribution >= 0.6 is 11.9 Å². The summed E-state index contributed by atoms with van der Waals surface area (Å²) in [4.78, 5) is 26.3. The molecule has 2 saturated heterocycles. The normalized spacial score (nSPS) is 19.9. The van der Waals surface area contributed by atoms with Crippen LogP contribution in [-0.4, -0.2) is 70.5 Å². The number of carbonyl (C=O) groups is 1. The van der Waals surface area contributed by atoms with Crippen molar-refractivity contribution in [1.29, 1.82) is 0 Å². The first kappa shape index (κ1) is 26.7. The topological polar surface area (TPSA) is 114 Å². The Bertz CT molecular complexity index is 1180. The quantitative estimate of drug-likeness (QED) is 0.216. The Hall–Kier alpha value is -2.86. The summed E-state index contributed by atoms with van der Waals surface area (Å²) in [7, 11) is 0. The van der Waals surface area contributed by atoms with Crippen molar-refractivity contribution < 1.29 is 23.8 Å². The zero-order valence-electron chi connectivity index (χ0n) is 21.5. The van der Waals surface area contributed by atoms with Gasteiger partial charge < -0.3 is 30.1 Å². The lowest BCUT2D eigenvalue weighted by Gasteiger charge is -2.35. The van der Waals surface area contributed by atoms with Gasteiger partial charge in [0.2, 0.25) is 5.95 Å². The zero-order valence-corrected chi connectivity index (χ0v) is 22.3. The van der Waals surface area contributed by atoms with Gasteiger partial charge in [-0.2, -0.15) is 4.98 Å². The molecule has 2 aromatic rings. The van der Waals surface area contributed by atoms with E-state index in [1.165, 1.54) is 30.9 Å². The molecular formula is C26H34F2N6O3S. The molecule has 1 saturated carbocycles. The monoisotopic (exact) mass is 548 g/mol. The van der Waals surface area contributed by atoms with E-state index in [2.05, 4.69) is 24.9 Å². The van der Waals surface area contributed by atoms with Gasteiger partial charge in [-0.1, -0.05) is 11.9 Å². The van der Waals surface area contributed by atoms with Crippen molar-refractivity contribution in [3.63, 3.8) is 0 Å². The number of aromatic hydroxyl groups is 1. The molecule has 38 heavy (non-hydrogen) atoms. The summed E-state index contributed by atoms with van der Waals surface area (Å²) in [5.41, 5.74) is 2.58. The average Bonchev–Trinajstić information content (AvgIpc) is 3.63. The lowest BCUT2D eigenvalue weighted by atomic mass is 9.93. The van der Waals surface area contributed by atoms with Crippen LogP contribution in [0.5, 0.6) is 5.75 Å². The van der Waals surface area contributed by atoms with Gasteiger partial charge in [0.05, 0.1) is 23.5 Å². The van der Waals surface area contributed by atoms with E-state index < -0.39 is 11.8 Å². The van der Waals surface area contributed by atoms with Crippen LogP contribution in [0.15, 0.2) is 18.2 Å². The highest BCUT2D eigenvalue weighted by Crippen LogP contribution is 2.54. The number of phenols is 1. The average molecular weight is 549 g/mol. The van der Waals surface area contributed by atoms with Gasteiger partial charge in [0.25, 0.3) is 11.8 Å². The third-order valence-corrected chi connectivity index (χ3v) is 8.47. The largest absolute Gasteiger partial charge is 0.506 e. The molecule has 1 aromatic carbocycles. The van der Waals surface area contributed by atoms with E-state index in [1.807, 2.05) is 0 Å². The van der Waals surface area contributed by atoms with Gasteiger partial charge in [-0.3, -0.25) is 4.79 Å². The SMILES string of the molecule is Cc1cc(NC(=O)c2cc(O)c(NSCCO)cc2N2CCC3(CC2)CC3)nc(N2CCC(F)(F)CC2)n1. The molecule has 0 bridgehead atoms. The number of nitrogens with one attached hydrogen (secondary N) is 2. The predicted octanol–water partition coefficient (Wildman–Crippen LogP) is 4.41. The molecule has 9 nitrogen and oxygen atoms in total. The molecule has 3 aliphatic rings. The van der Waals surface area contributed by atoms with Crippen LogP contribution in [0.25, 0.3) is 0 Å². The van der Waals surface area contributed by atoms with Crippen LogP contribution in [0, 0.1) is 12.3 Å². The van der Waals surface area contributed by atoms with E-state index >= 15 is 0 Å². The van der Waals surface area contributed by atoms with E-state index in [4.69, 9.17) is 5.11 Å². The maximum Gasteiger partial charge on any atom is 0.259 e. The summed E-state index contributed by atoms with van der Waals surface area (Å²) >= 11 is 1.27. The van der Waals surface area contributed by atoms with Crippen molar-refractivity contribution in [3.8, 4) is 5.75 Å². The lowest BCUT2D eigenvalue weighted by Crippen LogP contribution is -2.40. The molecule has 0 radical (unpaired) electrons. The minimum absolute atomic E-state index is 0.000175. The summed E-state index contributed by atoms with van der Waals surface area (Å²) in [6.07, 6.45) is 4.14. The minimum Gasteiger partial charge on any atom is -0.506 e. The Balaban J connectivity index is 1.38. The highest BCUT2D eigenvalue weighted by molar-refractivity contribution is 8.00. The number of halogens is 2. The highest BCUT2D eigenvalue weighted by Gasteiger charge is 2.44. The molecule has 3 heterocycles. The fourth-order valence-corrected chi connectivity index (χ4v) is 5.66. The molecule has 1 spiro atoms. The van der Waals surface area contributed by atoms with E-state index in [-0.39, 0.29) is 44.1 Å². The second-order valence-corrected chi connectivity index (χ2v) is 11.4. The van der Waals surface area contributed by atoms with Gasteiger partial charge in [0, 0.05) is 56.5 Å². The fraction of sp³-hybridized carbons (Fsp3) is 0.577. The number of nitrogens with zero attached hydrogens (tertiary/aromatic N) is 4. The maximum absolute atomic E-state index is 13.6. The molecule has 12 heteroatoms. The first-order chi connectivity index (χ1) is 18.2.